The minimum Gasteiger partial charge on any atom is -0.383 e. The Morgan fingerprint density at radius 2 is 2.26 bits per heavy atom. The summed E-state index contributed by atoms with van der Waals surface area (Å²) in [5.41, 5.74) is 7.39. The van der Waals surface area contributed by atoms with Crippen LogP contribution in [-0.4, -0.2) is 9.55 Å². The van der Waals surface area contributed by atoms with Gasteiger partial charge in [0.05, 0.1) is 0 Å². The first-order valence-electron chi connectivity index (χ1n) is 5.99. The van der Waals surface area contributed by atoms with Crippen LogP contribution in [0.25, 0.3) is 11.3 Å². The van der Waals surface area contributed by atoms with Gasteiger partial charge in [0.1, 0.15) is 23.2 Å². The van der Waals surface area contributed by atoms with E-state index in [2.05, 4.69) is 27.5 Å². The molecule has 100 valence electrons. The van der Waals surface area contributed by atoms with Crippen molar-refractivity contribution in [3.05, 3.63) is 47.0 Å². The van der Waals surface area contributed by atoms with E-state index in [0.717, 1.165) is 16.7 Å². The smallest absolute Gasteiger partial charge is 0.132 e. The molecule has 3 nitrogen and oxygen atoms in total. The van der Waals surface area contributed by atoms with E-state index in [1.54, 1.807) is 12.1 Å². The average Bonchev–Trinajstić information content (AvgIpc) is 2.70. The zero-order chi connectivity index (χ0) is 14.0. The molecule has 0 fully saturated rings. The third-order valence-corrected chi connectivity index (χ3v) is 3.59. The van der Waals surface area contributed by atoms with E-state index in [4.69, 9.17) is 5.73 Å². The van der Waals surface area contributed by atoms with Gasteiger partial charge in [-0.05, 0) is 18.2 Å². The summed E-state index contributed by atoms with van der Waals surface area (Å²) >= 11 is 3.40. The summed E-state index contributed by atoms with van der Waals surface area (Å²) in [5, 5.41) is 0. The number of imidazole rings is 1. The Morgan fingerprint density at radius 3 is 2.89 bits per heavy atom. The van der Waals surface area contributed by atoms with E-state index in [1.165, 1.54) is 12.1 Å². The number of rotatable bonds is 4. The highest BCUT2D eigenvalue weighted by molar-refractivity contribution is 9.10. The number of nitrogen functional groups attached to an aromatic ring is 1. The normalized spacial score (nSPS) is 10.7. The van der Waals surface area contributed by atoms with Gasteiger partial charge in [0, 0.05) is 23.0 Å². The van der Waals surface area contributed by atoms with Crippen molar-refractivity contribution in [2.45, 2.75) is 19.9 Å². The Hall–Kier alpha value is -1.62. The summed E-state index contributed by atoms with van der Waals surface area (Å²) in [5.74, 6) is 1.08. The van der Waals surface area contributed by atoms with E-state index in [1.807, 2.05) is 11.5 Å². The summed E-state index contributed by atoms with van der Waals surface area (Å²) in [6.45, 7) is 6.31. The summed E-state index contributed by atoms with van der Waals surface area (Å²) in [6.07, 6.45) is 2.52. The minimum absolute atomic E-state index is 0.311. The molecular weight excluding hydrogens is 309 g/mol. The fourth-order valence-electron chi connectivity index (χ4n) is 1.99. The molecule has 0 saturated heterocycles. The van der Waals surface area contributed by atoms with Crippen molar-refractivity contribution in [1.29, 1.82) is 0 Å². The second-order valence-corrected chi connectivity index (χ2v) is 4.99. The zero-order valence-electron chi connectivity index (χ0n) is 10.7. The number of aryl methyl sites for hydroxylation is 1. The molecule has 0 spiro atoms. The molecule has 2 aromatic rings. The number of halogens is 2. The summed E-state index contributed by atoms with van der Waals surface area (Å²) in [6, 6.07) is 4.48. The molecule has 0 unspecified atom stereocenters. The van der Waals surface area contributed by atoms with Crippen molar-refractivity contribution >= 4 is 21.7 Å². The lowest BCUT2D eigenvalue weighted by molar-refractivity contribution is 0.628. The van der Waals surface area contributed by atoms with E-state index in [9.17, 15) is 4.39 Å². The lowest BCUT2D eigenvalue weighted by Gasteiger charge is -2.06. The monoisotopic (exact) mass is 323 g/mol. The van der Waals surface area contributed by atoms with Crippen molar-refractivity contribution < 1.29 is 4.39 Å². The van der Waals surface area contributed by atoms with Crippen LogP contribution in [0.1, 0.15) is 12.7 Å². The van der Waals surface area contributed by atoms with Crippen LogP contribution in [0.4, 0.5) is 10.2 Å². The third-order valence-electron chi connectivity index (χ3n) is 2.90. The number of hydrogen-bond acceptors (Lipinski definition) is 2. The largest absolute Gasteiger partial charge is 0.383 e. The van der Waals surface area contributed by atoms with Crippen LogP contribution in [0.2, 0.25) is 0 Å². The van der Waals surface area contributed by atoms with Crippen LogP contribution in [0.5, 0.6) is 0 Å². The second kappa shape index (κ2) is 5.57. The molecule has 0 bridgehead atoms. The Labute approximate surface area is 120 Å². The maximum atomic E-state index is 13.4. The fourth-order valence-corrected chi connectivity index (χ4v) is 2.43. The number of hydrogen-bond donors (Lipinski definition) is 1. The molecule has 1 aromatic heterocycles. The highest BCUT2D eigenvalue weighted by Gasteiger charge is 2.16. The van der Waals surface area contributed by atoms with Gasteiger partial charge in [-0.15, -0.1) is 6.58 Å². The molecule has 0 atom stereocenters. The number of nitrogens with two attached hydrogens (primary N) is 1. The van der Waals surface area contributed by atoms with Gasteiger partial charge in [-0.3, -0.25) is 0 Å². The van der Waals surface area contributed by atoms with Gasteiger partial charge >= 0.3 is 0 Å². The molecule has 0 radical (unpaired) electrons. The first-order valence-corrected chi connectivity index (χ1v) is 6.79. The molecule has 0 amide bonds. The van der Waals surface area contributed by atoms with Gasteiger partial charge in [0.25, 0.3) is 0 Å². The van der Waals surface area contributed by atoms with Gasteiger partial charge in [0.15, 0.2) is 0 Å². The van der Waals surface area contributed by atoms with E-state index in [-0.39, 0.29) is 5.82 Å². The Morgan fingerprint density at radius 1 is 1.53 bits per heavy atom. The fraction of sp³-hybridized carbons (Fsp3) is 0.214. The average molecular weight is 324 g/mol. The third kappa shape index (κ3) is 2.56. The molecule has 0 aliphatic carbocycles. The van der Waals surface area contributed by atoms with E-state index < -0.39 is 0 Å². The van der Waals surface area contributed by atoms with Crippen LogP contribution in [0.15, 0.2) is 35.3 Å². The predicted molar refractivity (Wildman–Crippen MR) is 79.3 cm³/mol. The van der Waals surface area contributed by atoms with Gasteiger partial charge < -0.3 is 10.3 Å². The molecular formula is C14H15BrFN3. The topological polar surface area (TPSA) is 43.8 Å². The quantitative estimate of drug-likeness (QED) is 0.870. The summed E-state index contributed by atoms with van der Waals surface area (Å²) < 4.78 is 16.0. The van der Waals surface area contributed by atoms with Gasteiger partial charge in [0.2, 0.25) is 0 Å². The van der Waals surface area contributed by atoms with Crippen molar-refractivity contribution in [2.24, 2.45) is 0 Å². The minimum atomic E-state index is -0.311. The van der Waals surface area contributed by atoms with Crippen molar-refractivity contribution in [3.63, 3.8) is 0 Å². The first-order chi connectivity index (χ1) is 9.08. The van der Waals surface area contributed by atoms with Gasteiger partial charge in [-0.1, -0.05) is 28.9 Å². The Bertz CT molecular complexity index is 619. The van der Waals surface area contributed by atoms with Crippen molar-refractivity contribution in [1.82, 2.24) is 9.55 Å². The lowest BCUT2D eigenvalue weighted by Crippen LogP contribution is -2.05. The molecule has 2 rings (SSSR count). The molecule has 0 aliphatic heterocycles. The van der Waals surface area contributed by atoms with E-state index >= 15 is 0 Å². The zero-order valence-corrected chi connectivity index (χ0v) is 12.2. The maximum Gasteiger partial charge on any atom is 0.132 e. The first kappa shape index (κ1) is 13.8. The second-order valence-electron chi connectivity index (χ2n) is 4.14. The van der Waals surface area contributed by atoms with Crippen molar-refractivity contribution in [3.8, 4) is 11.3 Å². The molecule has 0 aliphatic rings. The molecule has 5 heteroatoms. The SMILES string of the molecule is C=CCn1c(CC)nc(-c2cc(F)ccc2Br)c1N. The molecule has 1 heterocycles. The standard InChI is InChI=1S/C14H15BrFN3/c1-3-7-19-12(4-2)18-13(14(19)17)10-8-9(16)5-6-11(10)15/h3,5-6,8H,1,4,7,17H2,2H3. The number of nitrogens with zero attached hydrogens (tertiary/aromatic N) is 2. The van der Waals surface area contributed by atoms with Gasteiger partial charge in [-0.25, -0.2) is 9.37 Å². The summed E-state index contributed by atoms with van der Waals surface area (Å²) in [4.78, 5) is 4.51. The summed E-state index contributed by atoms with van der Waals surface area (Å²) in [7, 11) is 0. The highest BCUT2D eigenvalue weighted by Crippen LogP contribution is 2.33. The maximum absolute atomic E-state index is 13.4. The van der Waals surface area contributed by atoms with E-state index in [0.29, 0.717) is 23.6 Å². The molecule has 19 heavy (non-hydrogen) atoms. The molecule has 0 saturated carbocycles. The van der Waals surface area contributed by atoms with Crippen LogP contribution >= 0.6 is 15.9 Å². The number of aromatic nitrogens is 2. The van der Waals surface area contributed by atoms with Crippen LogP contribution in [0, 0.1) is 5.82 Å². The molecule has 2 N–H and O–H groups in total. The Balaban J connectivity index is 2.62. The Kier molecular flexibility index (Phi) is 4.04. The van der Waals surface area contributed by atoms with Crippen molar-refractivity contribution in [2.75, 3.05) is 5.73 Å². The van der Waals surface area contributed by atoms with Crippen LogP contribution in [0.3, 0.4) is 0 Å². The molecule has 1 aromatic carbocycles. The van der Waals surface area contributed by atoms with Gasteiger partial charge in [-0.2, -0.15) is 0 Å². The highest BCUT2D eigenvalue weighted by atomic mass is 79.9. The lowest BCUT2D eigenvalue weighted by atomic mass is 10.1. The van der Waals surface area contributed by atoms with Crippen LogP contribution < -0.4 is 5.73 Å². The number of allylic oxidation sites excluding steroid dienone is 1. The predicted octanol–water partition coefficient (Wildman–Crippen LogP) is 3.78. The number of anilines is 1. The number of benzene rings is 1. The van der Waals surface area contributed by atoms with Crippen LogP contribution in [-0.2, 0) is 13.0 Å².